The predicted molar refractivity (Wildman–Crippen MR) is 114 cm³/mol. The minimum atomic E-state index is 0.181. The molecular weight excluding hydrogens is 368 g/mol. The average Bonchev–Trinajstić information content (AvgIpc) is 3.41. The van der Waals surface area contributed by atoms with Gasteiger partial charge in [-0.05, 0) is 44.2 Å². The van der Waals surface area contributed by atoms with Crippen molar-refractivity contribution in [3.05, 3.63) is 23.8 Å². The molecule has 1 heterocycles. The Labute approximate surface area is 173 Å². The number of phenolic OH excluding ortho intramolecular Hbond substituents is 1. The van der Waals surface area contributed by atoms with E-state index in [0.29, 0.717) is 24.6 Å². The molecule has 7 heteroatoms. The van der Waals surface area contributed by atoms with Crippen LogP contribution in [0, 0.1) is 5.92 Å². The lowest BCUT2D eigenvalue weighted by molar-refractivity contribution is -0.134. The van der Waals surface area contributed by atoms with Crippen LogP contribution >= 0.6 is 0 Å². The highest BCUT2D eigenvalue weighted by atomic mass is 16.5. The molecule has 0 radical (unpaired) electrons. The van der Waals surface area contributed by atoms with Crippen molar-refractivity contribution >= 4 is 11.9 Å². The van der Waals surface area contributed by atoms with Gasteiger partial charge in [-0.25, -0.2) is 0 Å². The summed E-state index contributed by atoms with van der Waals surface area (Å²) in [5, 5.41) is 17.0. The van der Waals surface area contributed by atoms with Gasteiger partial charge in [0.15, 0.2) is 17.5 Å². The molecule has 2 aliphatic rings. The molecule has 160 valence electrons. The summed E-state index contributed by atoms with van der Waals surface area (Å²) < 4.78 is 5.16. The Bertz CT molecular complexity index is 716. The van der Waals surface area contributed by atoms with Crippen molar-refractivity contribution in [1.29, 1.82) is 0 Å². The number of aliphatic imine (C=N–C) groups is 1. The van der Waals surface area contributed by atoms with Gasteiger partial charge in [0.05, 0.1) is 7.11 Å². The maximum absolute atomic E-state index is 12.6. The van der Waals surface area contributed by atoms with E-state index in [1.807, 2.05) is 24.0 Å². The number of likely N-dealkylation sites (tertiary alicyclic amines) is 1. The number of amides is 1. The third-order valence-corrected chi connectivity index (χ3v) is 5.84. The van der Waals surface area contributed by atoms with Crippen LogP contribution in [0.4, 0.5) is 0 Å². The van der Waals surface area contributed by atoms with Gasteiger partial charge in [0, 0.05) is 38.1 Å². The lowest BCUT2D eigenvalue weighted by Gasteiger charge is -2.21. The van der Waals surface area contributed by atoms with E-state index in [-0.39, 0.29) is 17.7 Å². The van der Waals surface area contributed by atoms with Crippen LogP contribution in [0.25, 0.3) is 0 Å². The van der Waals surface area contributed by atoms with Crippen molar-refractivity contribution in [2.75, 3.05) is 33.3 Å². The normalized spacial score (nSPS) is 20.1. The number of phenols is 1. The number of aromatic hydroxyl groups is 1. The quantitative estimate of drug-likeness (QED) is 0.481. The average molecular weight is 403 g/mol. The monoisotopic (exact) mass is 402 g/mol. The number of nitrogens with zero attached hydrogens (tertiary/aromatic N) is 2. The fraction of sp³-hybridized carbons (Fsp3) is 0.636. The topological polar surface area (TPSA) is 86.2 Å². The largest absolute Gasteiger partial charge is 0.504 e. The first-order valence-electron chi connectivity index (χ1n) is 10.8. The van der Waals surface area contributed by atoms with E-state index < -0.39 is 0 Å². The summed E-state index contributed by atoms with van der Waals surface area (Å²) >= 11 is 0. The zero-order valence-electron chi connectivity index (χ0n) is 17.6. The van der Waals surface area contributed by atoms with Gasteiger partial charge in [-0.15, -0.1) is 0 Å². The molecule has 7 nitrogen and oxygen atoms in total. The number of para-hydroxylation sites is 1. The first-order valence-corrected chi connectivity index (χ1v) is 10.8. The molecule has 1 amide bonds. The standard InChI is InChI=1S/C22H34N4O3/c1-3-23-22(24-13-11-16-9-6-10-19(29-2)20(16)27)25-18-12-14-26(15-18)21(28)17-7-4-5-8-17/h6,9-10,17-18,27H,3-5,7-8,11-15H2,1-2H3,(H2,23,24,25). The molecule has 1 aliphatic heterocycles. The number of hydrogen-bond acceptors (Lipinski definition) is 4. The third-order valence-electron chi connectivity index (χ3n) is 5.84. The van der Waals surface area contributed by atoms with Crippen molar-refractivity contribution in [3.8, 4) is 11.5 Å². The minimum Gasteiger partial charge on any atom is -0.504 e. The van der Waals surface area contributed by atoms with Gasteiger partial charge in [-0.3, -0.25) is 9.79 Å². The molecule has 1 aliphatic carbocycles. The van der Waals surface area contributed by atoms with E-state index in [4.69, 9.17) is 4.74 Å². The van der Waals surface area contributed by atoms with Crippen LogP contribution in [0.3, 0.4) is 0 Å². The molecule has 0 spiro atoms. The number of benzene rings is 1. The highest BCUT2D eigenvalue weighted by molar-refractivity contribution is 5.81. The molecule has 1 aromatic rings. The number of rotatable bonds is 7. The Kier molecular flexibility index (Phi) is 7.61. The fourth-order valence-corrected chi connectivity index (χ4v) is 4.24. The summed E-state index contributed by atoms with van der Waals surface area (Å²) in [6, 6.07) is 5.72. The van der Waals surface area contributed by atoms with Crippen LogP contribution in [-0.2, 0) is 11.2 Å². The van der Waals surface area contributed by atoms with Gasteiger partial charge in [0.1, 0.15) is 0 Å². The van der Waals surface area contributed by atoms with Crippen LogP contribution in [0.15, 0.2) is 23.2 Å². The molecule has 0 bridgehead atoms. The van der Waals surface area contributed by atoms with Crippen LogP contribution in [0.1, 0.15) is 44.6 Å². The van der Waals surface area contributed by atoms with Crippen LogP contribution in [0.5, 0.6) is 11.5 Å². The Balaban J connectivity index is 1.52. The molecule has 0 aromatic heterocycles. The first-order chi connectivity index (χ1) is 14.1. The second-order valence-corrected chi connectivity index (χ2v) is 7.87. The zero-order chi connectivity index (χ0) is 20.6. The Morgan fingerprint density at radius 2 is 2.10 bits per heavy atom. The van der Waals surface area contributed by atoms with Gasteiger partial charge in [-0.2, -0.15) is 0 Å². The van der Waals surface area contributed by atoms with E-state index in [1.165, 1.54) is 12.8 Å². The Hall–Kier alpha value is -2.44. The smallest absolute Gasteiger partial charge is 0.225 e. The van der Waals surface area contributed by atoms with Crippen molar-refractivity contribution in [2.45, 2.75) is 51.5 Å². The maximum Gasteiger partial charge on any atom is 0.225 e. The summed E-state index contributed by atoms with van der Waals surface area (Å²) in [6.07, 6.45) is 6.04. The molecule has 1 saturated carbocycles. The van der Waals surface area contributed by atoms with Crippen molar-refractivity contribution in [2.24, 2.45) is 10.9 Å². The summed E-state index contributed by atoms with van der Waals surface area (Å²) in [5.74, 6) is 2.00. The van der Waals surface area contributed by atoms with Crippen LogP contribution in [-0.4, -0.2) is 61.2 Å². The van der Waals surface area contributed by atoms with Crippen LogP contribution < -0.4 is 15.4 Å². The summed E-state index contributed by atoms with van der Waals surface area (Å²) in [6.45, 7) is 4.93. The van der Waals surface area contributed by atoms with E-state index >= 15 is 0 Å². The van der Waals surface area contributed by atoms with E-state index in [1.54, 1.807) is 13.2 Å². The Morgan fingerprint density at radius 1 is 1.31 bits per heavy atom. The lowest BCUT2D eigenvalue weighted by Crippen LogP contribution is -2.45. The lowest BCUT2D eigenvalue weighted by atomic mass is 10.1. The van der Waals surface area contributed by atoms with E-state index in [9.17, 15) is 9.90 Å². The highest BCUT2D eigenvalue weighted by Gasteiger charge is 2.32. The molecule has 1 atom stereocenters. The first kappa shape index (κ1) is 21.3. The number of ether oxygens (including phenoxy) is 1. The molecule has 1 unspecified atom stereocenters. The number of carbonyl (C=O) groups excluding carboxylic acids is 1. The minimum absolute atomic E-state index is 0.181. The third kappa shape index (κ3) is 5.55. The fourth-order valence-electron chi connectivity index (χ4n) is 4.24. The summed E-state index contributed by atoms with van der Waals surface area (Å²) in [7, 11) is 1.55. The van der Waals surface area contributed by atoms with E-state index in [0.717, 1.165) is 50.4 Å². The molecule has 3 rings (SSSR count). The second kappa shape index (κ2) is 10.4. The number of guanidine groups is 1. The molecule has 1 aromatic carbocycles. The molecular formula is C22H34N4O3. The zero-order valence-corrected chi connectivity index (χ0v) is 17.6. The Morgan fingerprint density at radius 3 is 2.83 bits per heavy atom. The number of hydrogen-bond donors (Lipinski definition) is 3. The number of methoxy groups -OCH3 is 1. The molecule has 2 fully saturated rings. The van der Waals surface area contributed by atoms with Gasteiger partial charge < -0.3 is 25.4 Å². The number of carbonyl (C=O) groups is 1. The van der Waals surface area contributed by atoms with Gasteiger partial charge in [0.2, 0.25) is 5.91 Å². The summed E-state index contributed by atoms with van der Waals surface area (Å²) in [5.41, 5.74) is 0.818. The molecule has 1 saturated heterocycles. The second-order valence-electron chi connectivity index (χ2n) is 7.87. The molecule has 29 heavy (non-hydrogen) atoms. The van der Waals surface area contributed by atoms with Crippen molar-refractivity contribution < 1.29 is 14.6 Å². The SMILES string of the molecule is CCNC(=NCCc1cccc(OC)c1O)NC1CCN(C(=O)C2CCCC2)C1. The number of nitrogens with one attached hydrogen (secondary N) is 2. The van der Waals surface area contributed by atoms with Gasteiger partial charge in [-0.1, -0.05) is 25.0 Å². The molecule has 3 N–H and O–H groups in total. The summed E-state index contributed by atoms with van der Waals surface area (Å²) in [4.78, 5) is 19.3. The van der Waals surface area contributed by atoms with Crippen molar-refractivity contribution in [1.82, 2.24) is 15.5 Å². The maximum atomic E-state index is 12.6. The van der Waals surface area contributed by atoms with Crippen LogP contribution in [0.2, 0.25) is 0 Å². The van der Waals surface area contributed by atoms with Crippen molar-refractivity contribution in [3.63, 3.8) is 0 Å². The predicted octanol–water partition coefficient (Wildman–Crippen LogP) is 2.29. The van der Waals surface area contributed by atoms with E-state index in [2.05, 4.69) is 15.6 Å². The van der Waals surface area contributed by atoms with Gasteiger partial charge in [0.25, 0.3) is 0 Å². The highest BCUT2D eigenvalue weighted by Crippen LogP contribution is 2.30. The van der Waals surface area contributed by atoms with Gasteiger partial charge >= 0.3 is 0 Å².